The van der Waals surface area contributed by atoms with Crippen molar-refractivity contribution in [2.75, 3.05) is 31.1 Å². The molecule has 2 N–H and O–H groups in total. The van der Waals surface area contributed by atoms with Gasteiger partial charge in [-0.05, 0) is 39.3 Å². The number of nitrogens with zero attached hydrogens (tertiary/aromatic N) is 3. The number of hydrogen-bond acceptors (Lipinski definition) is 4. The summed E-state index contributed by atoms with van der Waals surface area (Å²) in [5.41, 5.74) is 8.48. The molecule has 0 saturated carbocycles. The van der Waals surface area contributed by atoms with Crippen LogP contribution in [-0.2, 0) is 0 Å². The molecule has 1 aliphatic heterocycles. The van der Waals surface area contributed by atoms with Gasteiger partial charge in [0.15, 0.2) is 0 Å². The van der Waals surface area contributed by atoms with Gasteiger partial charge in [-0.25, -0.2) is 0 Å². The maximum atomic E-state index is 6.01. The fourth-order valence-electron chi connectivity index (χ4n) is 2.65. The molecule has 20 heavy (non-hydrogen) atoms. The molecule has 0 bridgehead atoms. The van der Waals surface area contributed by atoms with Crippen molar-refractivity contribution in [3.05, 3.63) is 24.0 Å². The van der Waals surface area contributed by atoms with Crippen LogP contribution in [-0.4, -0.2) is 41.6 Å². The molecule has 4 nitrogen and oxygen atoms in total. The van der Waals surface area contributed by atoms with Gasteiger partial charge in [0.2, 0.25) is 0 Å². The van der Waals surface area contributed by atoms with Gasteiger partial charge in [0.05, 0.1) is 17.6 Å². The third-order valence-electron chi connectivity index (χ3n) is 4.18. The van der Waals surface area contributed by atoms with Crippen molar-refractivity contribution in [2.24, 2.45) is 5.73 Å². The van der Waals surface area contributed by atoms with E-state index in [1.165, 1.54) is 5.69 Å². The molecule has 0 radical (unpaired) electrons. The Balaban J connectivity index is 1.97. The summed E-state index contributed by atoms with van der Waals surface area (Å²) in [4.78, 5) is 9.47. The van der Waals surface area contributed by atoms with E-state index in [4.69, 9.17) is 5.73 Å². The Kier molecular flexibility index (Phi) is 4.66. The molecule has 1 aromatic heterocycles. The maximum absolute atomic E-state index is 6.01. The summed E-state index contributed by atoms with van der Waals surface area (Å²) < 4.78 is 0. The largest absolute Gasteiger partial charge is 0.368 e. The minimum atomic E-state index is 0.0572. The zero-order chi connectivity index (χ0) is 14.8. The van der Waals surface area contributed by atoms with Gasteiger partial charge in [-0.1, -0.05) is 6.92 Å². The second-order valence-electron chi connectivity index (χ2n) is 6.60. The average molecular weight is 276 g/mol. The first-order valence-corrected chi connectivity index (χ1v) is 7.63. The fraction of sp³-hybridized carbons (Fsp3) is 0.688. The first-order chi connectivity index (χ1) is 9.41. The van der Waals surface area contributed by atoms with Crippen LogP contribution in [0.25, 0.3) is 0 Å². The van der Waals surface area contributed by atoms with Crippen LogP contribution < -0.4 is 10.6 Å². The Morgan fingerprint density at radius 2 is 1.85 bits per heavy atom. The van der Waals surface area contributed by atoms with Gasteiger partial charge in [-0.3, -0.25) is 9.88 Å². The zero-order valence-electron chi connectivity index (χ0n) is 13.3. The molecule has 0 spiro atoms. The molecule has 1 aliphatic rings. The minimum Gasteiger partial charge on any atom is -0.368 e. The molecule has 2 heterocycles. The van der Waals surface area contributed by atoms with Crippen LogP contribution in [0.15, 0.2) is 18.3 Å². The lowest BCUT2D eigenvalue weighted by molar-refractivity contribution is 0.128. The lowest BCUT2D eigenvalue weighted by atomic mass is 10.0. The first kappa shape index (κ1) is 15.3. The topological polar surface area (TPSA) is 45.4 Å². The van der Waals surface area contributed by atoms with Gasteiger partial charge in [0.25, 0.3) is 0 Å². The number of hydrogen-bond donors (Lipinski definition) is 1. The second kappa shape index (κ2) is 6.10. The number of pyridine rings is 1. The van der Waals surface area contributed by atoms with Crippen LogP contribution >= 0.6 is 0 Å². The quantitative estimate of drug-likeness (QED) is 0.921. The zero-order valence-corrected chi connectivity index (χ0v) is 13.3. The van der Waals surface area contributed by atoms with Crippen molar-refractivity contribution in [2.45, 2.75) is 45.7 Å². The predicted molar refractivity (Wildman–Crippen MR) is 85.0 cm³/mol. The van der Waals surface area contributed by atoms with Crippen molar-refractivity contribution >= 4 is 5.69 Å². The Morgan fingerprint density at radius 3 is 2.30 bits per heavy atom. The Labute approximate surface area is 123 Å². The van der Waals surface area contributed by atoms with Crippen molar-refractivity contribution in [1.29, 1.82) is 0 Å². The van der Waals surface area contributed by atoms with Crippen molar-refractivity contribution < 1.29 is 0 Å². The second-order valence-corrected chi connectivity index (χ2v) is 6.60. The molecular weight excluding hydrogens is 248 g/mol. The Hall–Kier alpha value is -1.13. The van der Waals surface area contributed by atoms with E-state index < -0.39 is 0 Å². The molecule has 1 aromatic rings. The van der Waals surface area contributed by atoms with Crippen molar-refractivity contribution in [3.63, 3.8) is 0 Å². The number of aromatic nitrogens is 1. The normalized spacial score (nSPS) is 19.1. The van der Waals surface area contributed by atoms with Gasteiger partial charge >= 0.3 is 0 Å². The Bertz CT molecular complexity index is 413. The highest BCUT2D eigenvalue weighted by molar-refractivity contribution is 5.45. The van der Waals surface area contributed by atoms with Gasteiger partial charge in [-0.2, -0.15) is 0 Å². The number of anilines is 1. The van der Waals surface area contributed by atoms with Crippen molar-refractivity contribution in [3.8, 4) is 0 Å². The van der Waals surface area contributed by atoms with E-state index in [-0.39, 0.29) is 11.6 Å². The molecule has 0 aromatic carbocycles. The van der Waals surface area contributed by atoms with Gasteiger partial charge < -0.3 is 10.6 Å². The summed E-state index contributed by atoms with van der Waals surface area (Å²) in [5, 5.41) is 0. The molecule has 4 heteroatoms. The van der Waals surface area contributed by atoms with E-state index in [9.17, 15) is 0 Å². The smallest absolute Gasteiger partial charge is 0.0572 e. The number of piperazine rings is 1. The summed E-state index contributed by atoms with van der Waals surface area (Å²) in [6, 6.07) is 4.28. The third-order valence-corrected chi connectivity index (χ3v) is 4.18. The summed E-state index contributed by atoms with van der Waals surface area (Å²) in [7, 11) is 0. The minimum absolute atomic E-state index is 0.0572. The fourth-order valence-corrected chi connectivity index (χ4v) is 2.65. The number of nitrogens with two attached hydrogens (primary N) is 1. The highest BCUT2D eigenvalue weighted by Crippen LogP contribution is 2.21. The van der Waals surface area contributed by atoms with Crippen LogP contribution in [0, 0.1) is 0 Å². The van der Waals surface area contributed by atoms with Gasteiger partial charge in [0, 0.05) is 37.8 Å². The van der Waals surface area contributed by atoms with Crippen LogP contribution in [0.3, 0.4) is 0 Å². The average Bonchev–Trinajstić information content (AvgIpc) is 2.46. The van der Waals surface area contributed by atoms with Gasteiger partial charge in [-0.15, -0.1) is 0 Å². The van der Waals surface area contributed by atoms with Crippen molar-refractivity contribution in [1.82, 2.24) is 9.88 Å². The monoisotopic (exact) mass is 276 g/mol. The predicted octanol–water partition coefficient (Wildman–Crippen LogP) is 2.41. The molecule has 1 saturated heterocycles. The molecular formula is C16H28N4. The van der Waals surface area contributed by atoms with Crippen LogP contribution in [0.2, 0.25) is 0 Å². The molecule has 112 valence electrons. The third kappa shape index (κ3) is 3.49. The van der Waals surface area contributed by atoms with E-state index in [1.807, 2.05) is 6.20 Å². The molecule has 1 atom stereocenters. The molecule has 0 unspecified atom stereocenters. The summed E-state index contributed by atoms with van der Waals surface area (Å²) in [5.74, 6) is 0. The van der Waals surface area contributed by atoms with E-state index in [2.05, 4.69) is 54.6 Å². The van der Waals surface area contributed by atoms with E-state index >= 15 is 0 Å². The van der Waals surface area contributed by atoms with Crippen LogP contribution in [0.1, 0.15) is 45.9 Å². The standard InChI is InChI=1S/C16H28N4/c1-5-14(17)15-7-6-13(12-18-15)19-8-10-20(11-9-19)16(2,3)4/h6-7,12,14H,5,8-11,17H2,1-4H3/t14-/m0/s1. The summed E-state index contributed by atoms with van der Waals surface area (Å²) in [6.45, 7) is 13.3. The van der Waals surface area contributed by atoms with E-state index in [0.29, 0.717) is 0 Å². The Morgan fingerprint density at radius 1 is 1.20 bits per heavy atom. The van der Waals surface area contributed by atoms with Crippen LogP contribution in [0.5, 0.6) is 0 Å². The molecule has 1 fully saturated rings. The highest BCUT2D eigenvalue weighted by Gasteiger charge is 2.25. The van der Waals surface area contributed by atoms with E-state index in [1.54, 1.807) is 0 Å². The SMILES string of the molecule is CC[C@H](N)c1ccc(N2CCN(C(C)(C)C)CC2)cn1. The summed E-state index contributed by atoms with van der Waals surface area (Å²) in [6.07, 6.45) is 2.90. The first-order valence-electron chi connectivity index (χ1n) is 7.63. The highest BCUT2D eigenvalue weighted by atomic mass is 15.3. The van der Waals surface area contributed by atoms with Gasteiger partial charge in [0.1, 0.15) is 0 Å². The summed E-state index contributed by atoms with van der Waals surface area (Å²) >= 11 is 0. The number of rotatable bonds is 3. The lowest BCUT2D eigenvalue weighted by Gasteiger charge is -2.43. The maximum Gasteiger partial charge on any atom is 0.0572 e. The molecule has 0 amide bonds. The molecule has 0 aliphatic carbocycles. The van der Waals surface area contributed by atoms with E-state index in [0.717, 1.165) is 38.3 Å². The lowest BCUT2D eigenvalue weighted by Crippen LogP contribution is -2.53. The molecule has 2 rings (SSSR count). The van der Waals surface area contributed by atoms with Crippen LogP contribution in [0.4, 0.5) is 5.69 Å².